The number of hydrogen-bond acceptors (Lipinski definition) is 4. The van der Waals surface area contributed by atoms with Gasteiger partial charge < -0.3 is 10.2 Å². The molecule has 1 aliphatic heterocycles. The highest BCUT2D eigenvalue weighted by atomic mass is 16.6. The summed E-state index contributed by atoms with van der Waals surface area (Å²) in [6, 6.07) is 11.0. The Morgan fingerprint density at radius 2 is 1.93 bits per heavy atom. The highest BCUT2D eigenvalue weighted by Gasteiger charge is 2.34. The Morgan fingerprint density at radius 1 is 1.18 bits per heavy atom. The summed E-state index contributed by atoms with van der Waals surface area (Å²) in [5.41, 5.74) is 2.85. The molecule has 2 aromatic carbocycles. The van der Waals surface area contributed by atoms with Crippen molar-refractivity contribution >= 4 is 23.2 Å². The molecule has 1 unspecified atom stereocenters. The van der Waals surface area contributed by atoms with Crippen LogP contribution in [0.2, 0.25) is 0 Å². The molecule has 1 heterocycles. The third-order valence-electron chi connectivity index (χ3n) is 4.94. The van der Waals surface area contributed by atoms with Crippen molar-refractivity contribution in [3.63, 3.8) is 0 Å². The van der Waals surface area contributed by atoms with Crippen molar-refractivity contribution in [3.8, 4) is 0 Å². The van der Waals surface area contributed by atoms with Gasteiger partial charge in [-0.1, -0.05) is 37.6 Å². The van der Waals surface area contributed by atoms with Crippen LogP contribution < -0.4 is 10.2 Å². The minimum atomic E-state index is -0.724. The highest BCUT2D eigenvalue weighted by molar-refractivity contribution is 6.03. The Kier molecular flexibility index (Phi) is 5.44. The minimum absolute atomic E-state index is 0.0525. The molecule has 0 aromatic heterocycles. The molecule has 3 rings (SSSR count). The number of fused-ring (bicyclic) bond motifs is 1. The fourth-order valence-electron chi connectivity index (χ4n) is 3.40. The third kappa shape index (κ3) is 3.88. The van der Waals surface area contributed by atoms with Crippen LogP contribution in [0.15, 0.2) is 42.5 Å². The van der Waals surface area contributed by atoms with E-state index in [1.54, 1.807) is 29.2 Å². The molecule has 0 bridgehead atoms. The van der Waals surface area contributed by atoms with Crippen LogP contribution in [-0.4, -0.2) is 29.3 Å². The molecule has 7 nitrogen and oxygen atoms in total. The number of amides is 2. The van der Waals surface area contributed by atoms with Crippen LogP contribution in [-0.2, 0) is 11.2 Å². The number of benzene rings is 2. The summed E-state index contributed by atoms with van der Waals surface area (Å²) in [6.07, 6.45) is 0.635. The molecule has 2 aromatic rings. The fraction of sp³-hybridized carbons (Fsp3) is 0.333. The maximum absolute atomic E-state index is 13.2. The lowest BCUT2D eigenvalue weighted by atomic mass is 10.0. The largest absolute Gasteiger partial charge is 0.340 e. The van der Waals surface area contributed by atoms with Crippen LogP contribution in [0, 0.1) is 23.0 Å². The van der Waals surface area contributed by atoms with E-state index in [0.29, 0.717) is 24.2 Å². The predicted octanol–water partition coefficient (Wildman–Crippen LogP) is 3.25. The zero-order valence-corrected chi connectivity index (χ0v) is 16.1. The van der Waals surface area contributed by atoms with Crippen LogP contribution in [0.1, 0.15) is 35.3 Å². The number of hydrogen-bond donors (Lipinski definition) is 1. The first-order valence-electron chi connectivity index (χ1n) is 9.24. The Hall–Kier alpha value is -3.22. The maximum Gasteiger partial charge on any atom is 0.271 e. The molecule has 0 saturated heterocycles. The number of nitro benzene ring substituents is 1. The molecule has 1 N–H and O–H groups in total. The second-order valence-corrected chi connectivity index (χ2v) is 7.37. The predicted molar refractivity (Wildman–Crippen MR) is 106 cm³/mol. The Morgan fingerprint density at radius 3 is 2.57 bits per heavy atom. The van der Waals surface area contributed by atoms with E-state index in [4.69, 9.17) is 0 Å². The third-order valence-corrected chi connectivity index (χ3v) is 4.94. The van der Waals surface area contributed by atoms with Gasteiger partial charge in [-0.05, 0) is 37.0 Å². The molecular weight excluding hydrogens is 358 g/mol. The van der Waals surface area contributed by atoms with Gasteiger partial charge in [0.1, 0.15) is 6.04 Å². The summed E-state index contributed by atoms with van der Waals surface area (Å²) in [5, 5.41) is 13.9. The molecule has 0 fully saturated rings. The van der Waals surface area contributed by atoms with Gasteiger partial charge in [-0.2, -0.15) is 0 Å². The molecule has 28 heavy (non-hydrogen) atoms. The number of carbonyl (C=O) groups is 2. The molecule has 0 saturated carbocycles. The lowest BCUT2D eigenvalue weighted by Gasteiger charge is -2.27. The average molecular weight is 381 g/mol. The van der Waals surface area contributed by atoms with Crippen molar-refractivity contribution in [1.82, 2.24) is 5.32 Å². The van der Waals surface area contributed by atoms with Crippen molar-refractivity contribution in [1.29, 1.82) is 0 Å². The van der Waals surface area contributed by atoms with Gasteiger partial charge in [0.05, 0.1) is 10.6 Å². The number of non-ortho nitro benzene ring substituents is 1. The molecule has 146 valence electrons. The molecule has 7 heteroatoms. The summed E-state index contributed by atoms with van der Waals surface area (Å²) in [5.74, 6) is -0.700. The number of nitrogens with one attached hydrogen (secondary N) is 1. The van der Waals surface area contributed by atoms with Crippen molar-refractivity contribution in [3.05, 3.63) is 69.3 Å². The van der Waals surface area contributed by atoms with E-state index in [1.165, 1.54) is 12.1 Å². The molecule has 2 amide bonds. The summed E-state index contributed by atoms with van der Waals surface area (Å²) >= 11 is 0. The summed E-state index contributed by atoms with van der Waals surface area (Å²) in [6.45, 7) is 6.07. The minimum Gasteiger partial charge on any atom is -0.340 e. The molecule has 1 aliphatic rings. The topological polar surface area (TPSA) is 92.6 Å². The van der Waals surface area contributed by atoms with Crippen molar-refractivity contribution < 1.29 is 14.5 Å². The van der Waals surface area contributed by atoms with E-state index >= 15 is 0 Å². The second-order valence-electron chi connectivity index (χ2n) is 7.37. The zero-order valence-electron chi connectivity index (χ0n) is 16.1. The highest BCUT2D eigenvalue weighted by Crippen LogP contribution is 2.32. The van der Waals surface area contributed by atoms with Crippen LogP contribution in [0.3, 0.4) is 0 Å². The number of anilines is 1. The Bertz CT molecular complexity index is 939. The van der Waals surface area contributed by atoms with Crippen LogP contribution in [0.4, 0.5) is 11.4 Å². The molecule has 0 spiro atoms. The first kappa shape index (κ1) is 19.5. The number of nitrogens with zero attached hydrogens (tertiary/aromatic N) is 2. The van der Waals surface area contributed by atoms with Gasteiger partial charge in [-0.25, -0.2) is 0 Å². The van der Waals surface area contributed by atoms with E-state index in [0.717, 1.165) is 11.1 Å². The molecule has 0 aliphatic carbocycles. The Labute approximate surface area is 163 Å². The normalized spacial score (nSPS) is 13.9. The monoisotopic (exact) mass is 381 g/mol. The van der Waals surface area contributed by atoms with E-state index < -0.39 is 11.0 Å². The lowest BCUT2D eigenvalue weighted by Crippen LogP contribution is -2.51. The summed E-state index contributed by atoms with van der Waals surface area (Å²) < 4.78 is 0. The Balaban J connectivity index is 1.84. The number of rotatable bonds is 5. The first-order chi connectivity index (χ1) is 13.3. The summed E-state index contributed by atoms with van der Waals surface area (Å²) in [7, 11) is 0. The number of nitro groups is 1. The van der Waals surface area contributed by atoms with Crippen LogP contribution in [0.5, 0.6) is 0 Å². The maximum atomic E-state index is 13.2. The lowest BCUT2D eigenvalue weighted by molar-refractivity contribution is -0.384. The van der Waals surface area contributed by atoms with E-state index in [-0.39, 0.29) is 23.4 Å². The zero-order chi connectivity index (χ0) is 20.4. The molecule has 0 radical (unpaired) electrons. The van der Waals surface area contributed by atoms with Gasteiger partial charge in [0, 0.05) is 24.2 Å². The standard InChI is InChI=1S/C21H23N3O4/c1-13(2)19(22-20(25)16-6-4-5-14(3)11-16)21(26)23-10-9-15-7-8-17(24(27)28)12-18(15)23/h4-8,11-13,19H,9-10H2,1-3H3,(H,22,25). The van der Waals surface area contributed by atoms with E-state index in [2.05, 4.69) is 5.32 Å². The fourth-order valence-corrected chi connectivity index (χ4v) is 3.40. The van der Waals surface area contributed by atoms with Crippen molar-refractivity contribution in [2.24, 2.45) is 5.92 Å². The number of aryl methyl sites for hydroxylation is 1. The van der Waals surface area contributed by atoms with Gasteiger partial charge in [0.15, 0.2) is 0 Å². The SMILES string of the molecule is Cc1cccc(C(=O)NC(C(=O)N2CCc3ccc([N+](=O)[O-])cc32)C(C)C)c1. The van der Waals surface area contributed by atoms with Gasteiger partial charge in [0.2, 0.25) is 5.91 Å². The molecular formula is C21H23N3O4. The molecule has 1 atom stereocenters. The van der Waals surface area contributed by atoms with Crippen LogP contribution >= 0.6 is 0 Å². The van der Waals surface area contributed by atoms with E-state index in [1.807, 2.05) is 26.8 Å². The van der Waals surface area contributed by atoms with Gasteiger partial charge in [-0.15, -0.1) is 0 Å². The number of carbonyl (C=O) groups excluding carboxylic acids is 2. The van der Waals surface area contributed by atoms with Gasteiger partial charge in [0.25, 0.3) is 11.6 Å². The average Bonchev–Trinajstić information content (AvgIpc) is 3.08. The smallest absolute Gasteiger partial charge is 0.271 e. The quantitative estimate of drug-likeness (QED) is 0.636. The van der Waals surface area contributed by atoms with Crippen LogP contribution in [0.25, 0.3) is 0 Å². The van der Waals surface area contributed by atoms with Gasteiger partial charge in [-0.3, -0.25) is 19.7 Å². The van der Waals surface area contributed by atoms with Crippen molar-refractivity contribution in [2.45, 2.75) is 33.2 Å². The van der Waals surface area contributed by atoms with Gasteiger partial charge >= 0.3 is 0 Å². The van der Waals surface area contributed by atoms with Crippen molar-refractivity contribution in [2.75, 3.05) is 11.4 Å². The first-order valence-corrected chi connectivity index (χ1v) is 9.24. The summed E-state index contributed by atoms with van der Waals surface area (Å²) in [4.78, 5) is 38.0. The second kappa shape index (κ2) is 7.80. The van der Waals surface area contributed by atoms with E-state index in [9.17, 15) is 19.7 Å².